The number of hydrogen-bond acceptors (Lipinski definition) is 3. The molecule has 0 aliphatic carbocycles. The average molecular weight is 279 g/mol. The molecular formula is C18H21N3. The minimum absolute atomic E-state index is 0.0463. The van der Waals surface area contributed by atoms with Gasteiger partial charge in [0, 0.05) is 23.8 Å². The van der Waals surface area contributed by atoms with E-state index in [-0.39, 0.29) is 5.41 Å². The third-order valence-corrected chi connectivity index (χ3v) is 3.56. The number of para-hydroxylation sites is 1. The van der Waals surface area contributed by atoms with Gasteiger partial charge in [-0.3, -0.25) is 0 Å². The Balaban J connectivity index is 2.57. The van der Waals surface area contributed by atoms with Gasteiger partial charge in [0.2, 0.25) is 0 Å². The highest BCUT2D eigenvalue weighted by molar-refractivity contribution is 5.67. The van der Waals surface area contributed by atoms with Gasteiger partial charge in [0.25, 0.3) is 0 Å². The van der Waals surface area contributed by atoms with Crippen LogP contribution in [0.2, 0.25) is 0 Å². The van der Waals surface area contributed by atoms with Crippen LogP contribution in [0.25, 0.3) is 0 Å². The Morgan fingerprint density at radius 1 is 1.10 bits per heavy atom. The highest BCUT2D eigenvalue weighted by Crippen LogP contribution is 2.30. The second-order valence-electron chi connectivity index (χ2n) is 6.27. The maximum atomic E-state index is 9.36. The quantitative estimate of drug-likeness (QED) is 0.821. The second-order valence-corrected chi connectivity index (χ2v) is 6.27. The number of anilines is 2. The van der Waals surface area contributed by atoms with E-state index in [1.54, 1.807) is 0 Å². The van der Waals surface area contributed by atoms with Gasteiger partial charge in [0.05, 0.1) is 5.56 Å². The summed E-state index contributed by atoms with van der Waals surface area (Å²) in [6.07, 6.45) is 0. The van der Waals surface area contributed by atoms with Crippen molar-refractivity contribution < 1.29 is 0 Å². The van der Waals surface area contributed by atoms with Crippen LogP contribution in [0.4, 0.5) is 11.5 Å². The summed E-state index contributed by atoms with van der Waals surface area (Å²) in [6.45, 7) is 8.43. The fourth-order valence-electron chi connectivity index (χ4n) is 2.26. The van der Waals surface area contributed by atoms with E-state index in [4.69, 9.17) is 4.98 Å². The Bertz CT molecular complexity index is 690. The molecule has 0 atom stereocenters. The van der Waals surface area contributed by atoms with E-state index >= 15 is 0 Å². The molecule has 1 heterocycles. The normalized spacial score (nSPS) is 11.0. The van der Waals surface area contributed by atoms with Gasteiger partial charge < -0.3 is 4.90 Å². The second kappa shape index (κ2) is 5.57. The summed E-state index contributed by atoms with van der Waals surface area (Å²) in [5, 5.41) is 9.36. The van der Waals surface area contributed by atoms with Crippen LogP contribution in [0.3, 0.4) is 0 Å². The van der Waals surface area contributed by atoms with Crippen molar-refractivity contribution in [1.82, 2.24) is 4.98 Å². The van der Waals surface area contributed by atoms with Crippen LogP contribution in [-0.4, -0.2) is 12.0 Å². The van der Waals surface area contributed by atoms with Crippen molar-refractivity contribution in [2.75, 3.05) is 11.9 Å². The van der Waals surface area contributed by atoms with Crippen LogP contribution >= 0.6 is 0 Å². The molecule has 0 saturated heterocycles. The lowest BCUT2D eigenvalue weighted by molar-refractivity contribution is 0.569. The Morgan fingerprint density at radius 2 is 1.76 bits per heavy atom. The van der Waals surface area contributed by atoms with Crippen molar-refractivity contribution in [1.29, 1.82) is 5.26 Å². The molecular weight excluding hydrogens is 258 g/mol. The maximum absolute atomic E-state index is 9.36. The first-order valence-electron chi connectivity index (χ1n) is 7.05. The van der Waals surface area contributed by atoms with Crippen LogP contribution in [-0.2, 0) is 5.41 Å². The van der Waals surface area contributed by atoms with E-state index in [2.05, 4.69) is 39.8 Å². The summed E-state index contributed by atoms with van der Waals surface area (Å²) >= 11 is 0. The molecule has 0 saturated carbocycles. The van der Waals surface area contributed by atoms with Gasteiger partial charge in [0.15, 0.2) is 5.82 Å². The number of benzene rings is 1. The van der Waals surface area contributed by atoms with Crippen molar-refractivity contribution in [2.24, 2.45) is 0 Å². The molecule has 1 aromatic heterocycles. The molecule has 0 aliphatic rings. The molecule has 0 fully saturated rings. The van der Waals surface area contributed by atoms with E-state index in [9.17, 15) is 5.26 Å². The Labute approximate surface area is 126 Å². The fourth-order valence-corrected chi connectivity index (χ4v) is 2.26. The Hall–Kier alpha value is -2.34. The zero-order chi connectivity index (χ0) is 15.6. The van der Waals surface area contributed by atoms with Crippen LogP contribution in [0.1, 0.15) is 37.6 Å². The van der Waals surface area contributed by atoms with Gasteiger partial charge in [0.1, 0.15) is 6.07 Å². The third-order valence-electron chi connectivity index (χ3n) is 3.56. The molecule has 21 heavy (non-hydrogen) atoms. The van der Waals surface area contributed by atoms with Crippen molar-refractivity contribution in [2.45, 2.75) is 33.1 Å². The SMILES string of the molecule is Cc1ccccc1N(C)c1nc(C(C)(C)C)ccc1C#N. The highest BCUT2D eigenvalue weighted by atomic mass is 15.2. The van der Waals surface area contributed by atoms with Gasteiger partial charge in [-0.1, -0.05) is 39.0 Å². The number of nitrogens with zero attached hydrogens (tertiary/aromatic N) is 3. The number of pyridine rings is 1. The van der Waals surface area contributed by atoms with Gasteiger partial charge >= 0.3 is 0 Å². The molecule has 1 aromatic carbocycles. The van der Waals surface area contributed by atoms with Gasteiger partial charge in [-0.2, -0.15) is 5.26 Å². The lowest BCUT2D eigenvalue weighted by Crippen LogP contribution is -2.19. The topological polar surface area (TPSA) is 39.9 Å². The first-order valence-corrected chi connectivity index (χ1v) is 7.05. The molecule has 0 radical (unpaired) electrons. The Morgan fingerprint density at radius 3 is 2.33 bits per heavy atom. The molecule has 2 aromatic rings. The summed E-state index contributed by atoms with van der Waals surface area (Å²) in [4.78, 5) is 6.72. The van der Waals surface area contributed by atoms with Crippen molar-refractivity contribution in [3.8, 4) is 6.07 Å². The number of rotatable bonds is 2. The predicted octanol–water partition coefficient (Wildman–Crippen LogP) is 4.33. The predicted molar refractivity (Wildman–Crippen MR) is 86.9 cm³/mol. The zero-order valence-corrected chi connectivity index (χ0v) is 13.3. The summed E-state index contributed by atoms with van der Waals surface area (Å²) in [5.41, 5.74) is 3.75. The van der Waals surface area contributed by atoms with Crippen LogP contribution in [0, 0.1) is 18.3 Å². The summed E-state index contributed by atoms with van der Waals surface area (Å²) in [6, 6.07) is 14.2. The molecule has 3 nitrogen and oxygen atoms in total. The van der Waals surface area contributed by atoms with Crippen molar-refractivity contribution >= 4 is 11.5 Å². The minimum Gasteiger partial charge on any atom is -0.328 e. The lowest BCUT2D eigenvalue weighted by atomic mass is 9.91. The number of aryl methyl sites for hydroxylation is 1. The van der Waals surface area contributed by atoms with Crippen LogP contribution < -0.4 is 4.90 Å². The van der Waals surface area contributed by atoms with Crippen molar-refractivity contribution in [3.05, 3.63) is 53.2 Å². The fraction of sp³-hybridized carbons (Fsp3) is 0.333. The van der Waals surface area contributed by atoms with E-state index in [0.717, 1.165) is 16.9 Å². The molecule has 3 heteroatoms. The molecule has 2 rings (SSSR count). The summed E-state index contributed by atoms with van der Waals surface area (Å²) in [5.74, 6) is 0.708. The number of nitriles is 1. The lowest BCUT2D eigenvalue weighted by Gasteiger charge is -2.25. The van der Waals surface area contributed by atoms with Crippen LogP contribution in [0.15, 0.2) is 36.4 Å². The third kappa shape index (κ3) is 3.05. The van der Waals surface area contributed by atoms with E-state index in [0.29, 0.717) is 11.4 Å². The van der Waals surface area contributed by atoms with Gasteiger partial charge in [-0.15, -0.1) is 0 Å². The van der Waals surface area contributed by atoms with Gasteiger partial charge in [-0.05, 0) is 30.7 Å². The minimum atomic E-state index is -0.0463. The monoisotopic (exact) mass is 279 g/mol. The molecule has 0 amide bonds. The van der Waals surface area contributed by atoms with Gasteiger partial charge in [-0.25, -0.2) is 4.98 Å². The number of aromatic nitrogens is 1. The Kier molecular flexibility index (Phi) is 3.99. The molecule has 0 bridgehead atoms. The number of hydrogen-bond donors (Lipinski definition) is 0. The molecule has 0 spiro atoms. The zero-order valence-electron chi connectivity index (χ0n) is 13.3. The largest absolute Gasteiger partial charge is 0.328 e. The van der Waals surface area contributed by atoms with Crippen LogP contribution in [0.5, 0.6) is 0 Å². The van der Waals surface area contributed by atoms with Crippen molar-refractivity contribution in [3.63, 3.8) is 0 Å². The molecule has 108 valence electrons. The molecule has 0 unspecified atom stereocenters. The molecule has 0 N–H and O–H groups in total. The maximum Gasteiger partial charge on any atom is 0.151 e. The van der Waals surface area contributed by atoms with E-state index < -0.39 is 0 Å². The summed E-state index contributed by atoms with van der Waals surface area (Å²) in [7, 11) is 1.96. The average Bonchev–Trinajstić information content (AvgIpc) is 2.45. The first-order chi connectivity index (χ1) is 9.84. The van der Waals surface area contributed by atoms with E-state index in [1.165, 1.54) is 0 Å². The summed E-state index contributed by atoms with van der Waals surface area (Å²) < 4.78 is 0. The standard InChI is InChI=1S/C18H21N3/c1-13-8-6-7-9-15(13)21(5)17-14(12-19)10-11-16(20-17)18(2,3)4/h6-11H,1-5H3. The first kappa shape index (κ1) is 15.1. The van der Waals surface area contributed by atoms with E-state index in [1.807, 2.05) is 42.3 Å². The molecule has 0 aliphatic heterocycles. The highest BCUT2D eigenvalue weighted by Gasteiger charge is 2.20. The smallest absolute Gasteiger partial charge is 0.151 e.